The Kier molecular flexibility index (Phi) is 6.63. The number of rotatable bonds is 8. The Bertz CT molecular complexity index is 998. The molecule has 1 unspecified atom stereocenters. The lowest BCUT2D eigenvalue weighted by molar-refractivity contribution is 0.0995. The molecule has 0 fully saturated rings. The summed E-state index contributed by atoms with van der Waals surface area (Å²) in [4.78, 5) is 11.7. The molecule has 1 atom stereocenters. The predicted molar refractivity (Wildman–Crippen MR) is 112 cm³/mol. The van der Waals surface area contributed by atoms with Gasteiger partial charge in [0.1, 0.15) is 11.6 Å². The van der Waals surface area contributed by atoms with Crippen LogP contribution in [0.2, 0.25) is 0 Å². The number of hydrogen-bond donors (Lipinski definition) is 3. The van der Waals surface area contributed by atoms with Gasteiger partial charge in [0, 0.05) is 23.9 Å². The molecule has 4 N–H and O–H groups in total. The lowest BCUT2D eigenvalue weighted by Gasteiger charge is -2.12. The molecule has 0 aliphatic heterocycles. The number of aromatic nitrogens is 2. The third-order valence-corrected chi connectivity index (χ3v) is 4.74. The zero-order valence-corrected chi connectivity index (χ0v) is 16.5. The predicted octanol–water partition coefficient (Wildman–Crippen LogP) is 2.95. The van der Waals surface area contributed by atoms with Gasteiger partial charge in [0.25, 0.3) is 5.91 Å². The molecule has 29 heavy (non-hydrogen) atoms. The summed E-state index contributed by atoms with van der Waals surface area (Å²) in [6, 6.07) is 15.2. The molecule has 9 heteroatoms. The van der Waals surface area contributed by atoms with Gasteiger partial charge in [0.15, 0.2) is 11.5 Å². The van der Waals surface area contributed by atoms with Gasteiger partial charge in [-0.15, -0.1) is 10.2 Å². The topological polar surface area (TPSA) is 116 Å². The number of nitrogens with one attached hydrogen (secondary N) is 2. The molecule has 3 aromatic rings. The highest BCUT2D eigenvalue weighted by Gasteiger charge is 2.13. The van der Waals surface area contributed by atoms with Gasteiger partial charge in [-0.3, -0.25) is 4.79 Å². The minimum Gasteiger partial charge on any atom is -0.616 e. The van der Waals surface area contributed by atoms with Crippen molar-refractivity contribution < 1.29 is 13.7 Å². The zero-order chi connectivity index (χ0) is 20.8. The summed E-state index contributed by atoms with van der Waals surface area (Å²) in [5, 5.41) is 14.0. The monoisotopic (exact) mass is 413 g/mol. The molecule has 3 rings (SSSR count). The van der Waals surface area contributed by atoms with E-state index < -0.39 is 17.1 Å². The Morgan fingerprint density at radius 3 is 2.55 bits per heavy atom. The van der Waals surface area contributed by atoms with Crippen molar-refractivity contribution >= 4 is 34.3 Å². The molecule has 0 saturated carbocycles. The van der Waals surface area contributed by atoms with Crippen LogP contribution in [0.3, 0.4) is 0 Å². The number of nitrogens with zero attached hydrogens (tertiary/aromatic N) is 2. The number of nitrogens with two attached hydrogens (primary N) is 1. The lowest BCUT2D eigenvalue weighted by Crippen LogP contribution is -2.17. The van der Waals surface area contributed by atoms with Crippen LogP contribution in [0.25, 0.3) is 0 Å². The minimum atomic E-state index is -0.909. The van der Waals surface area contributed by atoms with Crippen LogP contribution >= 0.6 is 0 Å². The van der Waals surface area contributed by atoms with E-state index in [0.717, 1.165) is 11.3 Å². The average Bonchev–Trinajstić information content (AvgIpc) is 2.67. The molecule has 0 spiro atoms. The maximum Gasteiger partial charge on any atom is 0.271 e. The standard InChI is InChI=1S/C20H20FN5O2S/c1-29(28)12-13-5-7-16(8-6-13)24-18-10-17(19(20(22)27)26-25-18)23-11-14-3-2-4-15(21)9-14/h2-10H,11-12H2,1H3,(H2,22,27)(H2,23,24,25). The molecule has 0 radical (unpaired) electrons. The molecule has 0 aliphatic rings. The Labute approximate surface area is 170 Å². The van der Waals surface area contributed by atoms with E-state index in [1.807, 2.05) is 24.3 Å². The summed E-state index contributed by atoms with van der Waals surface area (Å²) in [5.74, 6) is -0.169. The second-order valence-corrected chi connectivity index (χ2v) is 7.81. The van der Waals surface area contributed by atoms with Gasteiger partial charge in [-0.2, -0.15) is 0 Å². The molecule has 1 heterocycles. The second kappa shape index (κ2) is 9.35. The normalized spacial score (nSPS) is 11.7. The van der Waals surface area contributed by atoms with E-state index in [2.05, 4.69) is 20.8 Å². The third-order valence-electron chi connectivity index (χ3n) is 4.00. The highest BCUT2D eigenvalue weighted by molar-refractivity contribution is 7.89. The Hall–Kier alpha value is -3.17. The smallest absolute Gasteiger partial charge is 0.271 e. The van der Waals surface area contributed by atoms with Crippen molar-refractivity contribution in [3.63, 3.8) is 0 Å². The Morgan fingerprint density at radius 1 is 1.14 bits per heavy atom. The maximum atomic E-state index is 13.4. The Balaban J connectivity index is 1.76. The summed E-state index contributed by atoms with van der Waals surface area (Å²) in [7, 11) is 0. The zero-order valence-electron chi connectivity index (χ0n) is 15.7. The van der Waals surface area contributed by atoms with Gasteiger partial charge in [0.05, 0.1) is 11.9 Å². The first-order chi connectivity index (χ1) is 13.9. The summed E-state index contributed by atoms with van der Waals surface area (Å²) in [5.41, 5.74) is 8.18. The molecule has 0 aliphatic carbocycles. The number of carbonyl (C=O) groups is 1. The van der Waals surface area contributed by atoms with E-state index in [1.165, 1.54) is 12.1 Å². The summed E-state index contributed by atoms with van der Waals surface area (Å²) in [6.07, 6.45) is 1.65. The second-order valence-electron chi connectivity index (χ2n) is 6.38. The Morgan fingerprint density at radius 2 is 1.90 bits per heavy atom. The van der Waals surface area contributed by atoms with Crippen LogP contribution in [-0.4, -0.2) is 26.9 Å². The summed E-state index contributed by atoms with van der Waals surface area (Å²) >= 11 is -0.909. The van der Waals surface area contributed by atoms with Crippen LogP contribution in [0.15, 0.2) is 54.6 Å². The molecule has 0 bridgehead atoms. The first-order valence-corrected chi connectivity index (χ1v) is 10.5. The molecule has 0 saturated heterocycles. The van der Waals surface area contributed by atoms with Crippen LogP contribution < -0.4 is 16.4 Å². The SMILES string of the molecule is C[S+]([O-])Cc1ccc(Nc2cc(NCc3cccc(F)c3)c(C(N)=O)nn2)cc1. The van der Waals surface area contributed by atoms with Gasteiger partial charge in [-0.05, 0) is 29.8 Å². The first-order valence-electron chi connectivity index (χ1n) is 8.72. The van der Waals surface area contributed by atoms with Crippen molar-refractivity contribution in [1.82, 2.24) is 10.2 Å². The fourth-order valence-electron chi connectivity index (χ4n) is 2.68. The number of carbonyl (C=O) groups excluding carboxylic acids is 1. The minimum absolute atomic E-state index is 0.00674. The van der Waals surface area contributed by atoms with Crippen molar-refractivity contribution in [2.45, 2.75) is 12.3 Å². The number of amides is 1. The first kappa shape index (κ1) is 20.6. The van der Waals surface area contributed by atoms with E-state index in [4.69, 9.17) is 5.73 Å². The molecular weight excluding hydrogens is 393 g/mol. The van der Waals surface area contributed by atoms with Gasteiger partial charge in [-0.25, -0.2) is 4.39 Å². The number of benzene rings is 2. The maximum absolute atomic E-state index is 13.4. The van der Waals surface area contributed by atoms with Crippen molar-refractivity contribution in [2.75, 3.05) is 16.9 Å². The largest absolute Gasteiger partial charge is 0.616 e. The van der Waals surface area contributed by atoms with Gasteiger partial charge in [0.2, 0.25) is 0 Å². The molecule has 7 nitrogen and oxygen atoms in total. The quantitative estimate of drug-likeness (QED) is 0.489. The fraction of sp³-hybridized carbons (Fsp3) is 0.150. The van der Waals surface area contributed by atoms with Crippen molar-refractivity contribution in [3.8, 4) is 0 Å². The van der Waals surface area contributed by atoms with Gasteiger partial charge >= 0.3 is 0 Å². The number of halogens is 1. The van der Waals surface area contributed by atoms with Gasteiger partial charge < -0.3 is 20.9 Å². The fourth-order valence-corrected chi connectivity index (χ4v) is 3.34. The molecule has 150 valence electrons. The van der Waals surface area contributed by atoms with E-state index in [9.17, 15) is 13.7 Å². The van der Waals surface area contributed by atoms with E-state index in [1.54, 1.807) is 24.5 Å². The van der Waals surface area contributed by atoms with Crippen molar-refractivity contribution in [3.05, 3.63) is 77.2 Å². The molecule has 1 amide bonds. The van der Waals surface area contributed by atoms with Crippen LogP contribution in [0.5, 0.6) is 0 Å². The molecular formula is C20H20FN5O2S. The van der Waals surface area contributed by atoms with Gasteiger partial charge in [-0.1, -0.05) is 35.4 Å². The number of hydrogen-bond acceptors (Lipinski definition) is 6. The molecule has 2 aromatic carbocycles. The number of anilines is 3. The summed E-state index contributed by atoms with van der Waals surface area (Å²) < 4.78 is 24.7. The molecule has 1 aromatic heterocycles. The lowest BCUT2D eigenvalue weighted by atomic mass is 10.2. The van der Waals surface area contributed by atoms with Crippen molar-refractivity contribution in [2.24, 2.45) is 5.73 Å². The average molecular weight is 413 g/mol. The van der Waals surface area contributed by atoms with E-state index in [0.29, 0.717) is 22.8 Å². The van der Waals surface area contributed by atoms with Crippen LogP contribution in [-0.2, 0) is 23.5 Å². The highest BCUT2D eigenvalue weighted by Crippen LogP contribution is 2.21. The van der Waals surface area contributed by atoms with Crippen molar-refractivity contribution in [1.29, 1.82) is 0 Å². The summed E-state index contributed by atoms with van der Waals surface area (Å²) in [6.45, 7) is 0.284. The van der Waals surface area contributed by atoms with E-state index >= 15 is 0 Å². The number of primary amides is 1. The van der Waals surface area contributed by atoms with E-state index in [-0.39, 0.29) is 18.1 Å². The third kappa shape index (κ3) is 5.90. The highest BCUT2D eigenvalue weighted by atomic mass is 32.2. The van der Waals surface area contributed by atoms with Crippen LogP contribution in [0, 0.1) is 5.82 Å². The van der Waals surface area contributed by atoms with Crippen LogP contribution in [0.1, 0.15) is 21.6 Å². The van der Waals surface area contributed by atoms with Crippen LogP contribution in [0.4, 0.5) is 21.6 Å².